The van der Waals surface area contributed by atoms with Crippen LogP contribution in [0.4, 0.5) is 17.1 Å². The zero-order chi connectivity index (χ0) is 35.8. The van der Waals surface area contributed by atoms with E-state index in [2.05, 4.69) is 228 Å². The van der Waals surface area contributed by atoms with E-state index in [9.17, 15) is 0 Å². The lowest BCUT2D eigenvalue weighted by molar-refractivity contribution is 1.18. The molecule has 0 amide bonds. The Hall–Kier alpha value is -7.16. The average molecular weight is 689 g/mol. The Kier molecular flexibility index (Phi) is 7.85. The second-order valence-corrected chi connectivity index (χ2v) is 13.7. The quantitative estimate of drug-likeness (QED) is 0.162. The molecule has 0 atom stereocenters. The van der Waals surface area contributed by atoms with Crippen LogP contribution in [0.5, 0.6) is 0 Å². The highest BCUT2D eigenvalue weighted by Gasteiger charge is 2.23. The lowest BCUT2D eigenvalue weighted by Gasteiger charge is -2.28. The van der Waals surface area contributed by atoms with E-state index in [0.29, 0.717) is 0 Å². The predicted molar refractivity (Wildman–Crippen MR) is 229 cm³/mol. The van der Waals surface area contributed by atoms with Crippen molar-refractivity contribution in [3.63, 3.8) is 0 Å². The molecule has 0 aliphatic rings. The Balaban J connectivity index is 1.23. The van der Waals surface area contributed by atoms with Gasteiger partial charge in [0, 0.05) is 27.7 Å². The van der Waals surface area contributed by atoms with Gasteiger partial charge in [-0.3, -0.25) is 0 Å². The van der Waals surface area contributed by atoms with E-state index in [4.69, 9.17) is 0 Å². The minimum Gasteiger partial charge on any atom is -0.309 e. The highest BCUT2D eigenvalue weighted by atomic mass is 15.1. The predicted octanol–water partition coefficient (Wildman–Crippen LogP) is 14.4. The summed E-state index contributed by atoms with van der Waals surface area (Å²) in [5.41, 5.74) is 14.0. The zero-order valence-electron chi connectivity index (χ0n) is 29.7. The number of anilines is 3. The van der Waals surface area contributed by atoms with E-state index in [1.165, 1.54) is 60.4 Å². The van der Waals surface area contributed by atoms with Crippen molar-refractivity contribution < 1.29 is 0 Å². The van der Waals surface area contributed by atoms with Crippen molar-refractivity contribution in [2.75, 3.05) is 4.90 Å². The van der Waals surface area contributed by atoms with Crippen molar-refractivity contribution in [3.05, 3.63) is 218 Å². The SMILES string of the molecule is c1ccc(-c2ccc(-n3c4ccccc4c4c(N(c5ccccc5)c5ccccc5-c5ccc6ccccc6c5)cccc43)cc2-c2ccccc2)cc1. The van der Waals surface area contributed by atoms with Crippen LogP contribution in [0.25, 0.3) is 71.6 Å². The van der Waals surface area contributed by atoms with E-state index in [1.54, 1.807) is 0 Å². The highest BCUT2D eigenvalue weighted by Crippen LogP contribution is 2.47. The Morgan fingerprint density at radius 2 is 0.944 bits per heavy atom. The van der Waals surface area contributed by atoms with Crippen LogP contribution in [-0.2, 0) is 0 Å². The monoisotopic (exact) mass is 688 g/mol. The number of para-hydroxylation sites is 3. The summed E-state index contributed by atoms with van der Waals surface area (Å²) in [6.45, 7) is 0. The maximum Gasteiger partial charge on any atom is 0.0562 e. The summed E-state index contributed by atoms with van der Waals surface area (Å²) in [6, 6.07) is 78.9. The number of rotatable bonds is 7. The van der Waals surface area contributed by atoms with Gasteiger partial charge in [-0.25, -0.2) is 0 Å². The largest absolute Gasteiger partial charge is 0.309 e. The molecule has 10 aromatic rings. The standard InChI is InChI=1S/C52H36N2/c1-4-18-38(19-5-1)44-34-33-43(36-47(44)39-20-6-2-7-21-39)54-49-28-15-13-26-46(49)52-50(29-16-30-51(52)54)53(42-23-8-3-9-24-42)48-27-14-12-25-45(48)41-32-31-37-17-10-11-22-40(37)35-41/h1-36H. The van der Waals surface area contributed by atoms with Gasteiger partial charge in [-0.15, -0.1) is 0 Å². The van der Waals surface area contributed by atoms with Gasteiger partial charge in [0.1, 0.15) is 0 Å². The van der Waals surface area contributed by atoms with Gasteiger partial charge in [-0.05, 0) is 93.2 Å². The lowest BCUT2D eigenvalue weighted by Crippen LogP contribution is -2.11. The summed E-state index contributed by atoms with van der Waals surface area (Å²) >= 11 is 0. The molecule has 0 aliphatic heterocycles. The van der Waals surface area contributed by atoms with Crippen molar-refractivity contribution in [3.8, 4) is 39.1 Å². The van der Waals surface area contributed by atoms with Crippen LogP contribution in [0, 0.1) is 0 Å². The van der Waals surface area contributed by atoms with E-state index in [1.807, 2.05) is 0 Å². The summed E-state index contributed by atoms with van der Waals surface area (Å²) in [4.78, 5) is 2.44. The molecule has 254 valence electrons. The van der Waals surface area contributed by atoms with Crippen LogP contribution in [0.3, 0.4) is 0 Å². The molecular formula is C52H36N2. The summed E-state index contributed by atoms with van der Waals surface area (Å²) in [7, 11) is 0. The van der Waals surface area contributed by atoms with Crippen molar-refractivity contribution >= 4 is 49.6 Å². The van der Waals surface area contributed by atoms with E-state index in [0.717, 1.165) is 28.3 Å². The Morgan fingerprint density at radius 3 is 1.74 bits per heavy atom. The van der Waals surface area contributed by atoms with Crippen LogP contribution >= 0.6 is 0 Å². The molecule has 10 rings (SSSR count). The van der Waals surface area contributed by atoms with Gasteiger partial charge < -0.3 is 9.47 Å². The average Bonchev–Trinajstić information content (AvgIpc) is 3.60. The molecule has 0 unspecified atom stereocenters. The van der Waals surface area contributed by atoms with Gasteiger partial charge in [0.15, 0.2) is 0 Å². The van der Waals surface area contributed by atoms with Gasteiger partial charge >= 0.3 is 0 Å². The molecule has 2 nitrogen and oxygen atoms in total. The first-order valence-corrected chi connectivity index (χ1v) is 18.5. The first-order chi connectivity index (χ1) is 26.8. The lowest BCUT2D eigenvalue weighted by atomic mass is 9.94. The molecule has 54 heavy (non-hydrogen) atoms. The van der Waals surface area contributed by atoms with Crippen LogP contribution in [0.15, 0.2) is 218 Å². The summed E-state index contributed by atoms with van der Waals surface area (Å²) in [5.74, 6) is 0. The fourth-order valence-corrected chi connectivity index (χ4v) is 8.12. The first-order valence-electron chi connectivity index (χ1n) is 18.5. The maximum atomic E-state index is 2.44. The second-order valence-electron chi connectivity index (χ2n) is 13.7. The van der Waals surface area contributed by atoms with Gasteiger partial charge in [-0.1, -0.05) is 164 Å². The van der Waals surface area contributed by atoms with Crippen LogP contribution in [-0.4, -0.2) is 4.57 Å². The van der Waals surface area contributed by atoms with Crippen molar-refractivity contribution in [2.24, 2.45) is 0 Å². The molecule has 0 radical (unpaired) electrons. The molecule has 2 heteroatoms. The molecule has 0 spiro atoms. The zero-order valence-corrected chi connectivity index (χ0v) is 29.7. The van der Waals surface area contributed by atoms with Crippen LogP contribution < -0.4 is 4.90 Å². The molecule has 9 aromatic carbocycles. The molecule has 1 aromatic heterocycles. The fraction of sp³-hybridized carbons (Fsp3) is 0. The normalized spacial score (nSPS) is 11.3. The number of nitrogens with zero attached hydrogens (tertiary/aromatic N) is 2. The molecule has 0 fully saturated rings. The molecule has 0 aliphatic carbocycles. The smallest absolute Gasteiger partial charge is 0.0562 e. The topological polar surface area (TPSA) is 8.17 Å². The van der Waals surface area contributed by atoms with Crippen molar-refractivity contribution in [1.29, 1.82) is 0 Å². The molecular weight excluding hydrogens is 653 g/mol. The van der Waals surface area contributed by atoms with Crippen LogP contribution in [0.2, 0.25) is 0 Å². The van der Waals surface area contributed by atoms with Gasteiger partial charge in [0.05, 0.1) is 22.4 Å². The maximum absolute atomic E-state index is 2.44. The third-order valence-corrected chi connectivity index (χ3v) is 10.6. The Labute approximate surface area is 315 Å². The first kappa shape index (κ1) is 31.6. The number of aromatic nitrogens is 1. The van der Waals surface area contributed by atoms with Gasteiger partial charge in [0.2, 0.25) is 0 Å². The third kappa shape index (κ3) is 5.44. The van der Waals surface area contributed by atoms with Crippen molar-refractivity contribution in [1.82, 2.24) is 4.57 Å². The molecule has 0 N–H and O–H groups in total. The minimum absolute atomic E-state index is 1.11. The van der Waals surface area contributed by atoms with E-state index < -0.39 is 0 Å². The van der Waals surface area contributed by atoms with Gasteiger partial charge in [0.25, 0.3) is 0 Å². The molecule has 0 saturated carbocycles. The third-order valence-electron chi connectivity index (χ3n) is 10.6. The minimum atomic E-state index is 1.11. The fourth-order valence-electron chi connectivity index (χ4n) is 8.12. The Morgan fingerprint density at radius 1 is 0.333 bits per heavy atom. The Bertz CT molecular complexity index is 2930. The second kappa shape index (κ2) is 13.4. The molecule has 1 heterocycles. The molecule has 0 saturated heterocycles. The number of fused-ring (bicyclic) bond motifs is 4. The van der Waals surface area contributed by atoms with Crippen LogP contribution in [0.1, 0.15) is 0 Å². The summed E-state index contributed by atoms with van der Waals surface area (Å²) in [5, 5.41) is 4.89. The highest BCUT2D eigenvalue weighted by molar-refractivity contribution is 6.17. The number of hydrogen-bond donors (Lipinski definition) is 0. The molecule has 0 bridgehead atoms. The number of hydrogen-bond acceptors (Lipinski definition) is 1. The van der Waals surface area contributed by atoms with Crippen molar-refractivity contribution in [2.45, 2.75) is 0 Å². The summed E-state index contributed by atoms with van der Waals surface area (Å²) in [6.07, 6.45) is 0. The van der Waals surface area contributed by atoms with Gasteiger partial charge in [-0.2, -0.15) is 0 Å². The number of benzene rings is 9. The van der Waals surface area contributed by atoms with E-state index >= 15 is 0 Å². The summed E-state index contributed by atoms with van der Waals surface area (Å²) < 4.78 is 2.44. The van der Waals surface area contributed by atoms with E-state index in [-0.39, 0.29) is 0 Å².